The fourth-order valence-electron chi connectivity index (χ4n) is 1.12. The lowest BCUT2D eigenvalue weighted by Crippen LogP contribution is -2.20. The number of carboxylic acid groups (broad SMARTS) is 1. The lowest BCUT2D eigenvalue weighted by molar-refractivity contribution is -0.138. The van der Waals surface area contributed by atoms with Crippen molar-refractivity contribution >= 4 is 5.97 Å². The summed E-state index contributed by atoms with van der Waals surface area (Å²) >= 11 is 0. The molecular weight excluding hydrogens is 142 g/mol. The number of carboxylic acids is 1. The van der Waals surface area contributed by atoms with Crippen molar-refractivity contribution in [2.45, 2.75) is 13.8 Å². The normalized spacial score (nSPS) is 18.4. The number of nitrogens with one attached hydrogen (secondary N) is 1. The zero-order valence-corrected chi connectivity index (χ0v) is 6.59. The molecule has 0 saturated heterocycles. The molecule has 0 spiro atoms. The number of hydrogen-bond acceptors (Lipinski definition) is 2. The van der Waals surface area contributed by atoms with Crippen LogP contribution in [0.2, 0.25) is 0 Å². The van der Waals surface area contributed by atoms with Gasteiger partial charge in [0.15, 0.2) is 0 Å². The van der Waals surface area contributed by atoms with Gasteiger partial charge >= 0.3 is 5.97 Å². The first kappa shape index (κ1) is 7.85. The Bertz CT molecular complexity index is 222. The zero-order chi connectivity index (χ0) is 8.43. The number of hydrogen-bond donors (Lipinski definition) is 2. The van der Waals surface area contributed by atoms with Crippen molar-refractivity contribution in [1.29, 1.82) is 0 Å². The molecule has 11 heavy (non-hydrogen) atoms. The van der Waals surface area contributed by atoms with E-state index in [4.69, 9.17) is 5.11 Å². The van der Waals surface area contributed by atoms with Crippen molar-refractivity contribution in [3.05, 3.63) is 23.5 Å². The molecule has 0 fully saturated rings. The van der Waals surface area contributed by atoms with Crippen LogP contribution in [0, 0.1) is 5.92 Å². The molecule has 0 atom stereocenters. The Morgan fingerprint density at radius 3 is 2.27 bits per heavy atom. The van der Waals surface area contributed by atoms with Crippen molar-refractivity contribution in [3.63, 3.8) is 0 Å². The largest absolute Gasteiger partial charge is 0.481 e. The van der Waals surface area contributed by atoms with Gasteiger partial charge in [-0.1, -0.05) is 0 Å². The molecule has 3 heteroatoms. The topological polar surface area (TPSA) is 49.3 Å². The highest BCUT2D eigenvalue weighted by Crippen LogP contribution is 2.12. The van der Waals surface area contributed by atoms with Gasteiger partial charge in [0.1, 0.15) is 0 Å². The number of rotatable bonds is 1. The Labute approximate surface area is 65.4 Å². The van der Waals surface area contributed by atoms with Crippen molar-refractivity contribution in [1.82, 2.24) is 5.32 Å². The summed E-state index contributed by atoms with van der Waals surface area (Å²) in [6, 6.07) is 0. The Morgan fingerprint density at radius 2 is 1.91 bits per heavy atom. The summed E-state index contributed by atoms with van der Waals surface area (Å²) in [5, 5.41) is 11.7. The third kappa shape index (κ3) is 1.83. The van der Waals surface area contributed by atoms with Gasteiger partial charge in [0.2, 0.25) is 0 Å². The van der Waals surface area contributed by atoms with Crippen LogP contribution in [0.1, 0.15) is 13.8 Å². The van der Waals surface area contributed by atoms with Crippen LogP contribution in [0.4, 0.5) is 0 Å². The Kier molecular flexibility index (Phi) is 1.98. The minimum atomic E-state index is -0.801. The Balaban J connectivity index is 2.81. The molecule has 0 aromatic rings. The molecule has 0 bridgehead atoms. The zero-order valence-electron chi connectivity index (χ0n) is 6.59. The highest BCUT2D eigenvalue weighted by Gasteiger charge is 2.15. The average Bonchev–Trinajstić information content (AvgIpc) is 1.85. The lowest BCUT2D eigenvalue weighted by Gasteiger charge is -2.15. The van der Waals surface area contributed by atoms with Crippen LogP contribution in [0.15, 0.2) is 23.5 Å². The highest BCUT2D eigenvalue weighted by molar-refractivity contribution is 5.75. The van der Waals surface area contributed by atoms with Crippen LogP contribution in [0.25, 0.3) is 0 Å². The molecule has 1 heterocycles. The second kappa shape index (κ2) is 2.78. The van der Waals surface area contributed by atoms with E-state index in [1.807, 2.05) is 13.8 Å². The summed E-state index contributed by atoms with van der Waals surface area (Å²) < 4.78 is 0. The minimum absolute atomic E-state index is 0.462. The first-order valence-corrected chi connectivity index (χ1v) is 3.46. The Morgan fingerprint density at radius 1 is 1.45 bits per heavy atom. The van der Waals surface area contributed by atoms with Crippen molar-refractivity contribution in [3.8, 4) is 0 Å². The van der Waals surface area contributed by atoms with Gasteiger partial charge in [-0.15, -0.1) is 0 Å². The van der Waals surface area contributed by atoms with Crippen molar-refractivity contribution in [2.75, 3.05) is 0 Å². The van der Waals surface area contributed by atoms with Gasteiger partial charge in [-0.3, -0.25) is 4.79 Å². The Hall–Kier alpha value is -1.25. The van der Waals surface area contributed by atoms with E-state index in [2.05, 4.69) is 5.32 Å². The standard InChI is InChI=1S/C8H11NO2/c1-5-3-7(8(10)11)4-6(2)9-5/h3-4,7,9H,1-2H3,(H,10,11). The second-order valence-corrected chi connectivity index (χ2v) is 2.69. The first-order valence-electron chi connectivity index (χ1n) is 3.46. The predicted molar refractivity (Wildman–Crippen MR) is 41.8 cm³/mol. The minimum Gasteiger partial charge on any atom is -0.481 e. The molecule has 1 aliphatic heterocycles. The number of allylic oxidation sites excluding steroid dienone is 2. The second-order valence-electron chi connectivity index (χ2n) is 2.69. The molecule has 0 unspecified atom stereocenters. The van der Waals surface area contributed by atoms with E-state index in [-0.39, 0.29) is 0 Å². The van der Waals surface area contributed by atoms with Gasteiger partial charge in [-0.25, -0.2) is 0 Å². The molecule has 1 aliphatic rings. The van der Waals surface area contributed by atoms with E-state index >= 15 is 0 Å². The number of carbonyl (C=O) groups is 1. The molecule has 1 rings (SSSR count). The molecule has 3 nitrogen and oxygen atoms in total. The van der Waals surface area contributed by atoms with Crippen LogP contribution in [0.3, 0.4) is 0 Å². The maximum absolute atomic E-state index is 10.5. The molecule has 0 aromatic heterocycles. The maximum Gasteiger partial charge on any atom is 0.314 e. The van der Waals surface area contributed by atoms with Gasteiger partial charge in [-0.2, -0.15) is 0 Å². The summed E-state index contributed by atoms with van der Waals surface area (Å²) in [6.45, 7) is 3.71. The van der Waals surface area contributed by atoms with Crippen LogP contribution < -0.4 is 5.32 Å². The molecule has 0 amide bonds. The molecular formula is C8H11NO2. The van der Waals surface area contributed by atoms with Gasteiger partial charge < -0.3 is 10.4 Å². The number of aliphatic carboxylic acids is 1. The summed E-state index contributed by atoms with van der Waals surface area (Å²) in [5.74, 6) is -1.26. The molecule has 0 radical (unpaired) electrons. The van der Waals surface area contributed by atoms with Gasteiger partial charge in [0.05, 0.1) is 5.92 Å². The smallest absolute Gasteiger partial charge is 0.314 e. The summed E-state index contributed by atoms with van der Waals surface area (Å²) in [5.41, 5.74) is 1.80. The summed E-state index contributed by atoms with van der Waals surface area (Å²) in [7, 11) is 0. The third-order valence-corrected chi connectivity index (χ3v) is 1.54. The fraction of sp³-hybridized carbons (Fsp3) is 0.375. The molecule has 0 saturated carbocycles. The van der Waals surface area contributed by atoms with Gasteiger partial charge in [-0.05, 0) is 26.0 Å². The van der Waals surface area contributed by atoms with E-state index in [0.29, 0.717) is 0 Å². The molecule has 2 N–H and O–H groups in total. The van der Waals surface area contributed by atoms with Crippen LogP contribution in [0.5, 0.6) is 0 Å². The summed E-state index contributed by atoms with van der Waals surface area (Å²) in [6.07, 6.45) is 3.38. The molecule has 0 aliphatic carbocycles. The van der Waals surface area contributed by atoms with Crippen LogP contribution >= 0.6 is 0 Å². The molecule has 0 aromatic carbocycles. The van der Waals surface area contributed by atoms with E-state index in [1.165, 1.54) is 0 Å². The SMILES string of the molecule is CC1=CC(C(=O)O)C=C(C)N1. The number of dihydropyridines is 1. The summed E-state index contributed by atoms with van der Waals surface area (Å²) in [4.78, 5) is 10.5. The fourth-order valence-corrected chi connectivity index (χ4v) is 1.12. The van der Waals surface area contributed by atoms with Gasteiger partial charge in [0.25, 0.3) is 0 Å². The van der Waals surface area contributed by atoms with Crippen molar-refractivity contribution < 1.29 is 9.90 Å². The van der Waals surface area contributed by atoms with E-state index in [0.717, 1.165) is 11.4 Å². The average molecular weight is 153 g/mol. The lowest BCUT2D eigenvalue weighted by atomic mass is 10.0. The monoisotopic (exact) mass is 153 g/mol. The molecule has 60 valence electrons. The van der Waals surface area contributed by atoms with Gasteiger partial charge in [0, 0.05) is 11.4 Å². The van der Waals surface area contributed by atoms with E-state index < -0.39 is 11.9 Å². The predicted octanol–water partition coefficient (Wildman–Crippen LogP) is 1.10. The van der Waals surface area contributed by atoms with Crippen LogP contribution in [-0.4, -0.2) is 11.1 Å². The maximum atomic E-state index is 10.5. The quantitative estimate of drug-likeness (QED) is 0.593. The van der Waals surface area contributed by atoms with E-state index in [1.54, 1.807) is 12.2 Å². The first-order chi connectivity index (χ1) is 5.09. The van der Waals surface area contributed by atoms with Crippen molar-refractivity contribution in [2.24, 2.45) is 5.92 Å². The van der Waals surface area contributed by atoms with Crippen LogP contribution in [-0.2, 0) is 4.79 Å². The third-order valence-electron chi connectivity index (χ3n) is 1.54. The van der Waals surface area contributed by atoms with E-state index in [9.17, 15) is 4.79 Å². The highest BCUT2D eigenvalue weighted by atomic mass is 16.4.